The van der Waals surface area contributed by atoms with E-state index in [9.17, 15) is 0 Å². The molecule has 1 rings (SSSR count). The van der Waals surface area contributed by atoms with Crippen molar-refractivity contribution in [3.63, 3.8) is 0 Å². The molecule has 0 aromatic heterocycles. The van der Waals surface area contributed by atoms with Crippen molar-refractivity contribution in [2.24, 2.45) is 5.73 Å². The lowest BCUT2D eigenvalue weighted by atomic mass is 9.83. The number of nitrogens with two attached hydrogens (primary N) is 1. The Labute approximate surface area is 98.8 Å². The van der Waals surface area contributed by atoms with Crippen molar-refractivity contribution in [2.75, 3.05) is 13.7 Å². The van der Waals surface area contributed by atoms with E-state index in [1.165, 1.54) is 5.56 Å². The van der Waals surface area contributed by atoms with Crippen LogP contribution in [0.2, 0.25) is 0 Å². The SMILES string of the molecule is CCCC(N)(CCCOC)c1ccccc1. The third-order valence-electron chi connectivity index (χ3n) is 3.02. The molecule has 0 radical (unpaired) electrons. The van der Waals surface area contributed by atoms with E-state index in [1.807, 2.05) is 6.07 Å². The molecule has 1 aromatic carbocycles. The Balaban J connectivity index is 2.71. The van der Waals surface area contributed by atoms with Gasteiger partial charge in [0.05, 0.1) is 0 Å². The van der Waals surface area contributed by atoms with Crippen molar-refractivity contribution >= 4 is 0 Å². The average Bonchev–Trinajstić information content (AvgIpc) is 2.31. The highest BCUT2D eigenvalue weighted by Gasteiger charge is 2.25. The Morgan fingerprint density at radius 2 is 1.88 bits per heavy atom. The minimum absolute atomic E-state index is 0.186. The molecule has 2 heteroatoms. The standard InChI is InChI=1S/C14H23NO/c1-3-10-14(15,11-7-12-16-2)13-8-5-4-6-9-13/h4-6,8-9H,3,7,10-12,15H2,1-2H3. The van der Waals surface area contributed by atoms with Crippen molar-refractivity contribution < 1.29 is 4.74 Å². The third-order valence-corrected chi connectivity index (χ3v) is 3.02. The lowest BCUT2D eigenvalue weighted by Crippen LogP contribution is -2.36. The summed E-state index contributed by atoms with van der Waals surface area (Å²) in [5.41, 5.74) is 7.57. The van der Waals surface area contributed by atoms with Crippen LogP contribution in [0, 0.1) is 0 Å². The third kappa shape index (κ3) is 3.62. The summed E-state index contributed by atoms with van der Waals surface area (Å²) in [6.07, 6.45) is 4.14. The van der Waals surface area contributed by atoms with Gasteiger partial charge in [-0.3, -0.25) is 0 Å². The zero-order chi connectivity index (χ0) is 11.9. The number of rotatable bonds is 7. The normalized spacial score (nSPS) is 14.7. The molecular weight excluding hydrogens is 198 g/mol. The summed E-state index contributed by atoms with van der Waals surface area (Å²) in [6, 6.07) is 10.4. The van der Waals surface area contributed by atoms with Gasteiger partial charge < -0.3 is 10.5 Å². The average molecular weight is 221 g/mol. The van der Waals surface area contributed by atoms with Gasteiger partial charge in [-0.2, -0.15) is 0 Å². The summed E-state index contributed by atoms with van der Waals surface area (Å²) in [7, 11) is 1.74. The summed E-state index contributed by atoms with van der Waals surface area (Å²) in [5.74, 6) is 0. The van der Waals surface area contributed by atoms with Crippen LogP contribution in [0.15, 0.2) is 30.3 Å². The zero-order valence-electron chi connectivity index (χ0n) is 10.4. The molecule has 0 aliphatic heterocycles. The van der Waals surface area contributed by atoms with Crippen molar-refractivity contribution in [1.29, 1.82) is 0 Å². The summed E-state index contributed by atoms with van der Waals surface area (Å²) in [4.78, 5) is 0. The molecule has 0 aliphatic rings. The van der Waals surface area contributed by atoms with Gasteiger partial charge in [0.2, 0.25) is 0 Å². The van der Waals surface area contributed by atoms with Gasteiger partial charge in [0.15, 0.2) is 0 Å². The first-order chi connectivity index (χ1) is 7.73. The minimum Gasteiger partial charge on any atom is -0.385 e. The summed E-state index contributed by atoms with van der Waals surface area (Å²) in [5, 5.41) is 0. The second-order valence-electron chi connectivity index (χ2n) is 4.37. The molecular formula is C14H23NO. The van der Waals surface area contributed by atoms with E-state index in [0.717, 1.165) is 32.3 Å². The number of methoxy groups -OCH3 is 1. The second kappa shape index (κ2) is 6.66. The van der Waals surface area contributed by atoms with Gasteiger partial charge in [-0.05, 0) is 24.8 Å². The van der Waals surface area contributed by atoms with Crippen LogP contribution >= 0.6 is 0 Å². The molecule has 1 aromatic rings. The highest BCUT2D eigenvalue weighted by Crippen LogP contribution is 2.28. The quantitative estimate of drug-likeness (QED) is 0.718. The van der Waals surface area contributed by atoms with E-state index < -0.39 is 0 Å². The Morgan fingerprint density at radius 3 is 2.44 bits per heavy atom. The highest BCUT2D eigenvalue weighted by atomic mass is 16.5. The number of hydrogen-bond donors (Lipinski definition) is 1. The molecule has 1 atom stereocenters. The Morgan fingerprint density at radius 1 is 1.19 bits per heavy atom. The van der Waals surface area contributed by atoms with E-state index in [-0.39, 0.29) is 5.54 Å². The van der Waals surface area contributed by atoms with E-state index in [2.05, 4.69) is 31.2 Å². The Kier molecular flexibility index (Phi) is 5.50. The molecule has 0 amide bonds. The van der Waals surface area contributed by atoms with Gasteiger partial charge in [-0.1, -0.05) is 43.7 Å². The molecule has 16 heavy (non-hydrogen) atoms. The van der Waals surface area contributed by atoms with Gasteiger partial charge in [0.1, 0.15) is 0 Å². The molecule has 2 N–H and O–H groups in total. The molecule has 0 heterocycles. The maximum absolute atomic E-state index is 6.52. The van der Waals surface area contributed by atoms with E-state index >= 15 is 0 Å². The topological polar surface area (TPSA) is 35.2 Å². The molecule has 2 nitrogen and oxygen atoms in total. The molecule has 90 valence electrons. The lowest BCUT2D eigenvalue weighted by molar-refractivity contribution is 0.181. The first-order valence-corrected chi connectivity index (χ1v) is 6.06. The lowest BCUT2D eigenvalue weighted by Gasteiger charge is -2.30. The fraction of sp³-hybridized carbons (Fsp3) is 0.571. The van der Waals surface area contributed by atoms with E-state index in [0.29, 0.717) is 0 Å². The number of benzene rings is 1. The van der Waals surface area contributed by atoms with Gasteiger partial charge in [0.25, 0.3) is 0 Å². The largest absolute Gasteiger partial charge is 0.385 e. The van der Waals surface area contributed by atoms with Gasteiger partial charge >= 0.3 is 0 Å². The minimum atomic E-state index is -0.186. The van der Waals surface area contributed by atoms with E-state index in [1.54, 1.807) is 7.11 Å². The fourth-order valence-corrected chi connectivity index (χ4v) is 2.16. The van der Waals surface area contributed by atoms with Gasteiger partial charge in [-0.15, -0.1) is 0 Å². The first-order valence-electron chi connectivity index (χ1n) is 6.06. The van der Waals surface area contributed by atoms with Crippen LogP contribution in [0.3, 0.4) is 0 Å². The fourth-order valence-electron chi connectivity index (χ4n) is 2.16. The van der Waals surface area contributed by atoms with Crippen LogP contribution in [0.5, 0.6) is 0 Å². The predicted octanol–water partition coefficient (Wildman–Crippen LogP) is 3.07. The molecule has 0 saturated heterocycles. The monoisotopic (exact) mass is 221 g/mol. The van der Waals surface area contributed by atoms with E-state index in [4.69, 9.17) is 10.5 Å². The molecule has 0 fully saturated rings. The molecule has 0 aliphatic carbocycles. The van der Waals surface area contributed by atoms with Crippen LogP contribution in [0.4, 0.5) is 0 Å². The summed E-state index contributed by atoms with van der Waals surface area (Å²) < 4.78 is 5.10. The number of ether oxygens (including phenoxy) is 1. The summed E-state index contributed by atoms with van der Waals surface area (Å²) in [6.45, 7) is 2.97. The van der Waals surface area contributed by atoms with Crippen LogP contribution in [0.1, 0.15) is 38.2 Å². The zero-order valence-corrected chi connectivity index (χ0v) is 10.4. The van der Waals surface area contributed by atoms with Crippen LogP contribution in [-0.2, 0) is 10.3 Å². The first kappa shape index (κ1) is 13.2. The van der Waals surface area contributed by atoms with Crippen molar-refractivity contribution in [3.05, 3.63) is 35.9 Å². The van der Waals surface area contributed by atoms with Crippen molar-refractivity contribution in [1.82, 2.24) is 0 Å². The van der Waals surface area contributed by atoms with Crippen LogP contribution < -0.4 is 5.73 Å². The van der Waals surface area contributed by atoms with Crippen LogP contribution in [-0.4, -0.2) is 13.7 Å². The van der Waals surface area contributed by atoms with Crippen LogP contribution in [0.25, 0.3) is 0 Å². The van der Waals surface area contributed by atoms with Gasteiger partial charge in [-0.25, -0.2) is 0 Å². The second-order valence-corrected chi connectivity index (χ2v) is 4.37. The summed E-state index contributed by atoms with van der Waals surface area (Å²) >= 11 is 0. The highest BCUT2D eigenvalue weighted by molar-refractivity contribution is 5.23. The van der Waals surface area contributed by atoms with Gasteiger partial charge in [0, 0.05) is 19.3 Å². The predicted molar refractivity (Wildman–Crippen MR) is 68.3 cm³/mol. The maximum atomic E-state index is 6.52. The Hall–Kier alpha value is -0.860. The Bertz CT molecular complexity index is 286. The maximum Gasteiger partial charge on any atom is 0.0463 e. The van der Waals surface area contributed by atoms with Crippen molar-refractivity contribution in [2.45, 2.75) is 38.1 Å². The smallest absolute Gasteiger partial charge is 0.0463 e. The molecule has 0 bridgehead atoms. The molecule has 0 spiro atoms. The number of hydrogen-bond acceptors (Lipinski definition) is 2. The molecule has 1 unspecified atom stereocenters. The molecule has 0 saturated carbocycles. The van der Waals surface area contributed by atoms with Crippen molar-refractivity contribution in [3.8, 4) is 0 Å².